The molecule has 0 saturated heterocycles. The maximum Gasteiger partial charge on any atom is 0.109 e. The number of hydrogen-bond acceptors (Lipinski definition) is 3. The molecule has 0 fully saturated rings. The Kier molecular flexibility index (Phi) is 2.91. The lowest BCUT2D eigenvalue weighted by molar-refractivity contribution is 0.786. The first-order valence-electron chi connectivity index (χ1n) is 6.34. The molecule has 3 aromatic rings. The zero-order valence-electron chi connectivity index (χ0n) is 10.9. The maximum absolute atomic E-state index is 5.93. The van der Waals surface area contributed by atoms with Gasteiger partial charge in [0.15, 0.2) is 0 Å². The van der Waals surface area contributed by atoms with Gasteiger partial charge in [0.05, 0.1) is 11.0 Å². The molecule has 19 heavy (non-hydrogen) atoms. The van der Waals surface area contributed by atoms with Crippen LogP contribution in [-0.4, -0.2) is 14.5 Å². The van der Waals surface area contributed by atoms with Crippen LogP contribution in [0.3, 0.4) is 0 Å². The molecular weight excluding hydrogens is 236 g/mol. The fourth-order valence-electron chi connectivity index (χ4n) is 2.31. The van der Waals surface area contributed by atoms with Crippen LogP contribution in [0, 0.1) is 0 Å². The molecule has 0 radical (unpaired) electrons. The molecule has 0 unspecified atom stereocenters. The van der Waals surface area contributed by atoms with Crippen LogP contribution in [0.25, 0.3) is 11.0 Å². The molecule has 0 aliphatic rings. The molecule has 4 nitrogen and oxygen atoms in total. The van der Waals surface area contributed by atoms with Gasteiger partial charge in [0.2, 0.25) is 0 Å². The summed E-state index contributed by atoms with van der Waals surface area (Å²) in [5, 5.41) is 0. The minimum atomic E-state index is 0.800. The van der Waals surface area contributed by atoms with Crippen LogP contribution >= 0.6 is 0 Å². The van der Waals surface area contributed by atoms with Crippen molar-refractivity contribution in [3.8, 4) is 0 Å². The number of rotatable bonds is 3. The number of benzene rings is 1. The number of imidazole rings is 1. The second kappa shape index (κ2) is 4.72. The SMILES string of the molecule is Cn1c(CCc2cnccc2N)nc2ccccc21. The van der Waals surface area contributed by atoms with Crippen molar-refractivity contribution in [3.63, 3.8) is 0 Å². The van der Waals surface area contributed by atoms with Crippen molar-refractivity contribution in [2.75, 3.05) is 5.73 Å². The van der Waals surface area contributed by atoms with Crippen molar-refractivity contribution < 1.29 is 0 Å². The first kappa shape index (κ1) is 11.7. The Balaban J connectivity index is 1.86. The van der Waals surface area contributed by atoms with Gasteiger partial charge in [0, 0.05) is 31.5 Å². The van der Waals surface area contributed by atoms with Crippen LogP contribution in [0.4, 0.5) is 5.69 Å². The van der Waals surface area contributed by atoms with E-state index in [1.54, 1.807) is 6.20 Å². The fraction of sp³-hybridized carbons (Fsp3) is 0.200. The Morgan fingerprint density at radius 1 is 1.16 bits per heavy atom. The van der Waals surface area contributed by atoms with E-state index in [2.05, 4.69) is 27.6 Å². The van der Waals surface area contributed by atoms with Gasteiger partial charge in [-0.05, 0) is 30.2 Å². The van der Waals surface area contributed by atoms with Crippen molar-refractivity contribution in [2.24, 2.45) is 7.05 Å². The smallest absolute Gasteiger partial charge is 0.109 e. The monoisotopic (exact) mass is 252 g/mol. The molecule has 0 amide bonds. The van der Waals surface area contributed by atoms with Gasteiger partial charge < -0.3 is 10.3 Å². The summed E-state index contributed by atoms with van der Waals surface area (Å²) in [4.78, 5) is 8.77. The summed E-state index contributed by atoms with van der Waals surface area (Å²) in [6.45, 7) is 0. The summed E-state index contributed by atoms with van der Waals surface area (Å²) in [7, 11) is 2.05. The van der Waals surface area contributed by atoms with Gasteiger partial charge in [0.1, 0.15) is 5.82 Å². The van der Waals surface area contributed by atoms with Gasteiger partial charge in [-0.3, -0.25) is 4.98 Å². The van der Waals surface area contributed by atoms with Gasteiger partial charge in [-0.1, -0.05) is 12.1 Å². The van der Waals surface area contributed by atoms with Crippen molar-refractivity contribution in [2.45, 2.75) is 12.8 Å². The van der Waals surface area contributed by atoms with Crippen molar-refractivity contribution in [3.05, 3.63) is 54.1 Å². The molecule has 2 heterocycles. The van der Waals surface area contributed by atoms with Crippen LogP contribution < -0.4 is 5.73 Å². The molecule has 0 bridgehead atoms. The van der Waals surface area contributed by atoms with Gasteiger partial charge in [-0.25, -0.2) is 4.98 Å². The number of nitrogens with zero attached hydrogens (tertiary/aromatic N) is 3. The molecule has 0 aliphatic carbocycles. The predicted molar refractivity (Wildman–Crippen MR) is 76.8 cm³/mol. The van der Waals surface area contributed by atoms with Gasteiger partial charge in [-0.15, -0.1) is 0 Å². The van der Waals surface area contributed by atoms with Crippen molar-refractivity contribution in [1.29, 1.82) is 0 Å². The number of nitrogens with two attached hydrogens (primary N) is 1. The average molecular weight is 252 g/mol. The quantitative estimate of drug-likeness (QED) is 0.778. The summed E-state index contributed by atoms with van der Waals surface area (Å²) in [6, 6.07) is 10.0. The van der Waals surface area contributed by atoms with Crippen molar-refractivity contribution >= 4 is 16.7 Å². The van der Waals surface area contributed by atoms with Crippen molar-refractivity contribution in [1.82, 2.24) is 14.5 Å². The van der Waals surface area contributed by atoms with E-state index in [0.29, 0.717) is 0 Å². The lowest BCUT2D eigenvalue weighted by Crippen LogP contribution is -2.02. The molecule has 0 spiro atoms. The highest BCUT2D eigenvalue weighted by Crippen LogP contribution is 2.17. The van der Waals surface area contributed by atoms with Crippen LogP contribution in [0.5, 0.6) is 0 Å². The minimum absolute atomic E-state index is 0.800. The van der Waals surface area contributed by atoms with Crippen LogP contribution in [0.1, 0.15) is 11.4 Å². The maximum atomic E-state index is 5.93. The van der Waals surface area contributed by atoms with Gasteiger partial charge >= 0.3 is 0 Å². The van der Waals surface area contributed by atoms with Gasteiger partial charge in [0.25, 0.3) is 0 Å². The van der Waals surface area contributed by atoms with Gasteiger partial charge in [-0.2, -0.15) is 0 Å². The molecule has 2 aromatic heterocycles. The van der Waals surface area contributed by atoms with E-state index in [1.807, 2.05) is 30.5 Å². The Hall–Kier alpha value is -2.36. The lowest BCUT2D eigenvalue weighted by Gasteiger charge is -2.05. The third-order valence-corrected chi connectivity index (χ3v) is 3.44. The largest absolute Gasteiger partial charge is 0.398 e. The second-order valence-electron chi connectivity index (χ2n) is 4.65. The van der Waals surface area contributed by atoms with Crippen LogP contribution in [-0.2, 0) is 19.9 Å². The molecule has 96 valence electrons. The molecule has 0 saturated carbocycles. The number of aromatic nitrogens is 3. The highest BCUT2D eigenvalue weighted by molar-refractivity contribution is 5.75. The third kappa shape index (κ3) is 2.17. The van der Waals surface area contributed by atoms with Crippen LogP contribution in [0.2, 0.25) is 0 Å². The van der Waals surface area contributed by atoms with E-state index in [-0.39, 0.29) is 0 Å². The zero-order chi connectivity index (χ0) is 13.2. The van der Waals surface area contributed by atoms with E-state index >= 15 is 0 Å². The van der Waals surface area contributed by atoms with E-state index < -0.39 is 0 Å². The number of hydrogen-bond donors (Lipinski definition) is 1. The highest BCUT2D eigenvalue weighted by Gasteiger charge is 2.08. The summed E-state index contributed by atoms with van der Waals surface area (Å²) < 4.78 is 2.14. The standard InChI is InChI=1S/C15H16N4/c1-19-14-5-3-2-4-13(14)18-15(19)7-6-11-10-17-9-8-12(11)16/h2-5,8-10H,6-7H2,1H3,(H2,16,17). The predicted octanol–water partition coefficient (Wildman–Crippen LogP) is 2.34. The van der Waals surface area contributed by atoms with E-state index in [4.69, 9.17) is 5.73 Å². The van der Waals surface area contributed by atoms with E-state index in [0.717, 1.165) is 41.0 Å². The molecular formula is C15H16N4. The normalized spacial score (nSPS) is 11.0. The number of pyridine rings is 1. The average Bonchev–Trinajstić information content (AvgIpc) is 2.75. The minimum Gasteiger partial charge on any atom is -0.398 e. The molecule has 4 heteroatoms. The molecule has 0 aliphatic heterocycles. The number of fused-ring (bicyclic) bond motifs is 1. The number of aryl methyl sites for hydroxylation is 3. The Bertz CT molecular complexity index is 715. The topological polar surface area (TPSA) is 56.7 Å². The lowest BCUT2D eigenvalue weighted by atomic mass is 10.1. The number of para-hydroxylation sites is 2. The summed E-state index contributed by atoms with van der Waals surface area (Å²) in [5.41, 5.74) is 10.0. The Morgan fingerprint density at radius 3 is 2.79 bits per heavy atom. The van der Waals surface area contributed by atoms with E-state index in [1.165, 1.54) is 0 Å². The summed E-state index contributed by atoms with van der Waals surface area (Å²) in [5.74, 6) is 1.07. The highest BCUT2D eigenvalue weighted by atomic mass is 15.1. The number of anilines is 1. The first-order valence-corrected chi connectivity index (χ1v) is 6.34. The summed E-state index contributed by atoms with van der Waals surface area (Å²) >= 11 is 0. The third-order valence-electron chi connectivity index (χ3n) is 3.44. The summed E-state index contributed by atoms with van der Waals surface area (Å²) in [6.07, 6.45) is 5.27. The molecule has 3 rings (SSSR count). The van der Waals surface area contributed by atoms with E-state index in [9.17, 15) is 0 Å². The van der Waals surface area contributed by atoms with Crippen LogP contribution in [0.15, 0.2) is 42.7 Å². The zero-order valence-corrected chi connectivity index (χ0v) is 10.9. The Morgan fingerprint density at radius 2 is 2.00 bits per heavy atom. The number of nitrogen functional groups attached to an aromatic ring is 1. The molecule has 1 aromatic carbocycles. The molecule has 0 atom stereocenters. The first-order chi connectivity index (χ1) is 9.25. The molecule has 2 N–H and O–H groups in total. The fourth-order valence-corrected chi connectivity index (χ4v) is 2.31. The second-order valence-corrected chi connectivity index (χ2v) is 4.65. The Labute approximate surface area is 111 Å².